The highest BCUT2D eigenvalue weighted by Gasteiger charge is 1.96. The van der Waals surface area contributed by atoms with Crippen molar-refractivity contribution in [1.29, 1.82) is 5.41 Å². The molecule has 5 heteroatoms. The first-order chi connectivity index (χ1) is 4.54. The van der Waals surface area contributed by atoms with Crippen molar-refractivity contribution < 1.29 is 14.3 Å². The average Bonchev–Trinajstić information content (AvgIpc) is 1.62. The van der Waals surface area contributed by atoms with E-state index >= 15 is 0 Å². The highest BCUT2D eigenvalue weighted by Crippen LogP contribution is 1.92. The van der Waals surface area contributed by atoms with Crippen LogP contribution in [0.1, 0.15) is 13.8 Å². The Labute approximate surface area is 63.6 Å². The minimum absolute atomic E-state index is 0.106. The van der Waals surface area contributed by atoms with Crippen molar-refractivity contribution in [1.82, 2.24) is 0 Å². The molecule has 0 aromatic heterocycles. The van der Waals surface area contributed by atoms with Gasteiger partial charge in [-0.1, -0.05) is 0 Å². The molecule has 0 heterocycles. The van der Waals surface area contributed by atoms with E-state index in [4.69, 9.17) is 21.8 Å². The topological polar surface area (TPSA) is 67.2 Å². The predicted octanol–water partition coefficient (Wildman–Crippen LogP) is 1.67. The molecule has 0 amide bonds. The van der Waals surface area contributed by atoms with Crippen LogP contribution >= 0.6 is 11.6 Å². The summed E-state index contributed by atoms with van der Waals surface area (Å²) in [6.07, 6.45) is 0.644. The minimum atomic E-state index is -0.741. The summed E-state index contributed by atoms with van der Waals surface area (Å²) in [5, 5.41) is 5.40. The van der Waals surface area contributed by atoms with Crippen LogP contribution in [0.4, 0.5) is 4.79 Å². The normalized spacial score (nSPS) is 7.20. The van der Waals surface area contributed by atoms with Crippen molar-refractivity contribution >= 4 is 23.1 Å². The van der Waals surface area contributed by atoms with Crippen LogP contribution in [-0.4, -0.2) is 17.6 Å². The third-order valence-electron chi connectivity index (χ3n) is 0.328. The zero-order valence-electron chi connectivity index (χ0n) is 5.68. The largest absolute Gasteiger partial charge is 0.451 e. The fourth-order valence-electron chi connectivity index (χ4n) is 0.185. The predicted molar refractivity (Wildman–Crippen MR) is 35.9 cm³/mol. The maximum absolute atomic E-state index is 9.80. The fraction of sp³-hybridized carbons (Fsp3) is 0.600. The molecule has 0 unspecified atom stereocenters. The van der Waals surface area contributed by atoms with Crippen molar-refractivity contribution in [2.24, 2.45) is 0 Å². The molecule has 0 atom stereocenters. The number of hydrogen-bond acceptors (Lipinski definition) is 4. The smallest absolute Gasteiger partial charge is 0.404 e. The zero-order valence-corrected chi connectivity index (χ0v) is 6.44. The van der Waals surface area contributed by atoms with E-state index in [1.807, 2.05) is 0 Å². The molecule has 0 saturated heterocycles. The van der Waals surface area contributed by atoms with Crippen LogP contribution < -0.4 is 0 Å². The van der Waals surface area contributed by atoms with Gasteiger partial charge in [0.1, 0.15) is 0 Å². The second-order valence-electron chi connectivity index (χ2n) is 1.51. The van der Waals surface area contributed by atoms with Gasteiger partial charge in [0.15, 0.2) is 0 Å². The van der Waals surface area contributed by atoms with Crippen molar-refractivity contribution in [2.75, 3.05) is 0 Å². The van der Waals surface area contributed by atoms with Gasteiger partial charge in [0.05, 0.1) is 6.10 Å². The van der Waals surface area contributed by atoms with Gasteiger partial charge in [-0.15, -0.1) is 0 Å². The summed E-state index contributed by atoms with van der Waals surface area (Å²) in [7, 11) is 0. The van der Waals surface area contributed by atoms with Gasteiger partial charge in [-0.25, -0.2) is 15.0 Å². The molecule has 1 N–H and O–H groups in total. The Morgan fingerprint density at radius 2 is 2.00 bits per heavy atom. The summed E-state index contributed by atoms with van der Waals surface area (Å²) in [5.41, 5.74) is -0.741. The molecule has 0 fully saturated rings. The first-order valence-corrected chi connectivity index (χ1v) is 2.82. The van der Waals surface area contributed by atoms with Crippen LogP contribution in [0.25, 0.3) is 0 Å². The van der Waals surface area contributed by atoms with Crippen molar-refractivity contribution in [3.8, 4) is 0 Å². The lowest BCUT2D eigenvalue weighted by Crippen LogP contribution is -2.03. The van der Waals surface area contributed by atoms with Crippen LogP contribution in [0.15, 0.2) is 0 Å². The van der Waals surface area contributed by atoms with E-state index in [1.165, 1.54) is 0 Å². The lowest BCUT2D eigenvalue weighted by molar-refractivity contribution is 0.141. The number of isocyanates is 1. The van der Waals surface area contributed by atoms with Crippen molar-refractivity contribution in [3.63, 3.8) is 0 Å². The third-order valence-corrected chi connectivity index (χ3v) is 0.417. The van der Waals surface area contributed by atoms with Crippen LogP contribution in [-0.2, 0) is 9.53 Å². The van der Waals surface area contributed by atoms with Crippen molar-refractivity contribution in [3.05, 3.63) is 0 Å². The summed E-state index contributed by atoms with van der Waals surface area (Å²) in [6, 6.07) is 0. The zero-order chi connectivity index (χ0) is 8.57. The molecular weight excluding hydrogens is 158 g/mol. The summed E-state index contributed by atoms with van der Waals surface area (Å²) >= 11 is 4.81. The highest BCUT2D eigenvalue weighted by atomic mass is 35.5. The van der Waals surface area contributed by atoms with Gasteiger partial charge < -0.3 is 4.74 Å². The molecule has 0 aromatic carbocycles. The molecule has 0 rings (SSSR count). The number of carbonyl (C=O) groups is 1. The molecule has 0 aliphatic heterocycles. The maximum atomic E-state index is 9.80. The second-order valence-corrected chi connectivity index (χ2v) is 1.81. The molecule has 0 saturated carbocycles. The molecular formula is C5H8ClNO3. The monoisotopic (exact) mass is 165 g/mol. The average molecular weight is 166 g/mol. The van der Waals surface area contributed by atoms with Gasteiger partial charge in [0.2, 0.25) is 6.08 Å². The van der Waals surface area contributed by atoms with Gasteiger partial charge in [-0.3, -0.25) is 0 Å². The first kappa shape index (κ1) is 11.9. The Bertz CT molecular complexity index is 129. The molecule has 0 aliphatic rings. The van der Waals surface area contributed by atoms with Crippen LogP contribution in [0.5, 0.6) is 0 Å². The number of ether oxygens (including phenoxy) is 1. The number of halogens is 1. The molecule has 0 aromatic rings. The van der Waals surface area contributed by atoms with Gasteiger partial charge in [-0.2, -0.15) is 0 Å². The van der Waals surface area contributed by atoms with Crippen LogP contribution in [0, 0.1) is 5.41 Å². The van der Waals surface area contributed by atoms with E-state index in [0.717, 1.165) is 6.08 Å². The summed E-state index contributed by atoms with van der Waals surface area (Å²) in [6.45, 7) is 3.47. The van der Waals surface area contributed by atoms with Crippen LogP contribution in [0.3, 0.4) is 0 Å². The Kier molecular flexibility index (Phi) is 9.67. The van der Waals surface area contributed by atoms with E-state index in [0.29, 0.717) is 0 Å². The molecule has 0 aliphatic carbocycles. The quantitative estimate of drug-likeness (QED) is 0.365. The number of nitrogens with one attached hydrogen (secondary N) is 1. The number of carbonyl (C=O) groups excluding carboxylic acids is 2. The summed E-state index contributed by atoms with van der Waals surface area (Å²) < 4.78 is 4.38. The summed E-state index contributed by atoms with van der Waals surface area (Å²) in [4.78, 5) is 18.1. The molecule has 0 bridgehead atoms. The number of rotatable bonds is 1. The Balaban J connectivity index is 0. The van der Waals surface area contributed by atoms with E-state index in [1.54, 1.807) is 13.8 Å². The Morgan fingerprint density at radius 3 is 2.00 bits per heavy atom. The van der Waals surface area contributed by atoms with Gasteiger partial charge in [0, 0.05) is 11.6 Å². The van der Waals surface area contributed by atoms with E-state index in [-0.39, 0.29) is 6.10 Å². The maximum Gasteiger partial charge on any atom is 0.404 e. The van der Waals surface area contributed by atoms with E-state index in [2.05, 4.69) is 4.74 Å². The molecule has 58 valence electrons. The molecule has 0 spiro atoms. The van der Waals surface area contributed by atoms with Gasteiger partial charge in [0.25, 0.3) is 0 Å². The SMILES string of the molecule is CC(C)OC(=O)Cl.N=C=O. The molecule has 4 nitrogen and oxygen atoms in total. The van der Waals surface area contributed by atoms with Gasteiger partial charge in [-0.05, 0) is 13.8 Å². The first-order valence-electron chi connectivity index (χ1n) is 2.44. The fourth-order valence-corrected chi connectivity index (χ4v) is 0.363. The lowest BCUT2D eigenvalue weighted by atomic mass is 10.5. The highest BCUT2D eigenvalue weighted by molar-refractivity contribution is 6.61. The second kappa shape index (κ2) is 8.14. The molecule has 10 heavy (non-hydrogen) atoms. The van der Waals surface area contributed by atoms with E-state index in [9.17, 15) is 4.79 Å². The summed E-state index contributed by atoms with van der Waals surface area (Å²) in [5.74, 6) is 0. The van der Waals surface area contributed by atoms with Crippen LogP contribution in [0.2, 0.25) is 0 Å². The van der Waals surface area contributed by atoms with E-state index < -0.39 is 5.43 Å². The Hall–Kier alpha value is -0.860. The lowest BCUT2D eigenvalue weighted by Gasteiger charge is -2.00. The standard InChI is InChI=1S/C4H7ClO2.CHNO/c1-3(2)7-4(5)6;2-1-3/h3H,1-2H3;2H. The minimum Gasteiger partial charge on any atom is -0.451 e. The van der Waals surface area contributed by atoms with Gasteiger partial charge >= 0.3 is 5.43 Å². The third kappa shape index (κ3) is 27.3. The molecule has 0 radical (unpaired) electrons. The van der Waals surface area contributed by atoms with Crippen molar-refractivity contribution in [2.45, 2.75) is 20.0 Å². The Morgan fingerprint density at radius 1 is 1.70 bits per heavy atom. The number of hydrogen-bond donors (Lipinski definition) is 1.